The van der Waals surface area contributed by atoms with Gasteiger partial charge in [0.2, 0.25) is 15.9 Å². The number of hydrogen-bond acceptors (Lipinski definition) is 9. The summed E-state index contributed by atoms with van der Waals surface area (Å²) in [7, 11) is -3.68. The van der Waals surface area contributed by atoms with Crippen LogP contribution in [0.3, 0.4) is 0 Å². The van der Waals surface area contributed by atoms with Crippen molar-refractivity contribution in [1.29, 1.82) is 0 Å². The summed E-state index contributed by atoms with van der Waals surface area (Å²) in [5.41, 5.74) is 13.1. The number of aliphatic hydroxyl groups is 1. The topological polar surface area (TPSA) is 168 Å². The van der Waals surface area contributed by atoms with Gasteiger partial charge in [0.1, 0.15) is 34.5 Å². The van der Waals surface area contributed by atoms with Crippen LogP contribution >= 0.6 is 0 Å². The standard InChI is InChI=1S/C37H44N2O8S/c1-6-26-17-25(7-14-35(43)39-48(5,44)45)18-28(37(26)46-31-10-8-30(41)9-11-31)20-33-24(4)36(23(3)15-27(33)19-29(38)21-40)47-32-12-13-34(42)22(2)16-32/h8-13,15-18,29,40-42H,6-7,14,19-21,38H2,1-5H3,(H,39,43). The summed E-state index contributed by atoms with van der Waals surface area (Å²) in [5.74, 6) is 2.06. The second kappa shape index (κ2) is 15.5. The Kier molecular flexibility index (Phi) is 11.7. The molecule has 0 radical (unpaired) electrons. The van der Waals surface area contributed by atoms with Crippen LogP contribution in [0.4, 0.5) is 0 Å². The number of carbonyl (C=O) groups excluding carboxylic acids is 1. The molecule has 0 heterocycles. The van der Waals surface area contributed by atoms with Gasteiger partial charge in [-0.15, -0.1) is 0 Å². The van der Waals surface area contributed by atoms with Gasteiger partial charge in [-0.2, -0.15) is 0 Å². The molecular weight excluding hydrogens is 632 g/mol. The lowest BCUT2D eigenvalue weighted by molar-refractivity contribution is -0.119. The minimum Gasteiger partial charge on any atom is -0.508 e. The Morgan fingerprint density at radius 1 is 0.875 bits per heavy atom. The van der Waals surface area contributed by atoms with Crippen LogP contribution in [0.5, 0.6) is 34.5 Å². The predicted molar refractivity (Wildman–Crippen MR) is 186 cm³/mol. The molecule has 0 saturated carbocycles. The first-order valence-corrected chi connectivity index (χ1v) is 17.6. The van der Waals surface area contributed by atoms with E-state index in [1.807, 2.05) is 43.7 Å². The Morgan fingerprint density at radius 2 is 1.52 bits per heavy atom. The normalized spacial score (nSPS) is 12.1. The molecule has 1 atom stereocenters. The van der Waals surface area contributed by atoms with Crippen molar-refractivity contribution in [3.05, 3.63) is 105 Å². The van der Waals surface area contributed by atoms with E-state index in [2.05, 4.69) is 0 Å². The number of aromatic hydroxyl groups is 2. The van der Waals surface area contributed by atoms with Crippen molar-refractivity contribution in [2.75, 3.05) is 12.9 Å². The lowest BCUT2D eigenvalue weighted by Crippen LogP contribution is -2.29. The number of phenols is 2. The zero-order chi connectivity index (χ0) is 35.2. The van der Waals surface area contributed by atoms with Crippen LogP contribution in [0.2, 0.25) is 0 Å². The molecule has 0 bridgehead atoms. The molecule has 1 amide bonds. The summed E-state index contributed by atoms with van der Waals surface area (Å²) in [6, 6.07) is 16.9. The van der Waals surface area contributed by atoms with Gasteiger partial charge in [0, 0.05) is 18.9 Å². The van der Waals surface area contributed by atoms with E-state index in [9.17, 15) is 28.5 Å². The van der Waals surface area contributed by atoms with Crippen LogP contribution in [0.25, 0.3) is 0 Å². The molecule has 4 rings (SSSR count). The number of nitrogens with two attached hydrogens (primary N) is 1. The molecule has 4 aromatic rings. The Hall–Kier alpha value is -4.58. The van der Waals surface area contributed by atoms with Gasteiger partial charge in [-0.25, -0.2) is 8.42 Å². The zero-order valence-electron chi connectivity index (χ0n) is 28.0. The molecule has 0 aliphatic heterocycles. The number of aryl methyl sites for hydroxylation is 4. The fraction of sp³-hybridized carbons (Fsp3) is 0.324. The van der Waals surface area contributed by atoms with Crippen LogP contribution in [-0.4, -0.2) is 48.5 Å². The fourth-order valence-corrected chi connectivity index (χ4v) is 6.18. The van der Waals surface area contributed by atoms with E-state index in [4.69, 9.17) is 15.2 Å². The van der Waals surface area contributed by atoms with E-state index < -0.39 is 22.0 Å². The molecule has 256 valence electrons. The van der Waals surface area contributed by atoms with Gasteiger partial charge in [-0.3, -0.25) is 9.52 Å². The van der Waals surface area contributed by atoms with Crippen LogP contribution in [0, 0.1) is 20.8 Å². The van der Waals surface area contributed by atoms with E-state index in [0.29, 0.717) is 54.2 Å². The van der Waals surface area contributed by atoms with E-state index in [1.165, 1.54) is 0 Å². The second-order valence-corrected chi connectivity index (χ2v) is 13.9. The molecule has 4 aromatic carbocycles. The third-order valence-corrected chi connectivity index (χ3v) is 8.68. The zero-order valence-corrected chi connectivity index (χ0v) is 28.8. The molecule has 11 heteroatoms. The van der Waals surface area contributed by atoms with Gasteiger partial charge in [-0.1, -0.05) is 25.1 Å². The number of hydrogen-bond donors (Lipinski definition) is 5. The van der Waals surface area contributed by atoms with E-state index in [0.717, 1.165) is 45.2 Å². The van der Waals surface area contributed by atoms with Crippen LogP contribution in [-0.2, 0) is 40.5 Å². The smallest absolute Gasteiger partial charge is 0.233 e. The summed E-state index contributed by atoms with van der Waals surface area (Å²) in [6.45, 7) is 7.52. The molecule has 10 nitrogen and oxygen atoms in total. The first-order valence-electron chi connectivity index (χ1n) is 15.7. The number of sulfonamides is 1. The van der Waals surface area contributed by atoms with Crippen molar-refractivity contribution in [3.63, 3.8) is 0 Å². The molecule has 0 aromatic heterocycles. The lowest BCUT2D eigenvalue weighted by Gasteiger charge is -2.23. The van der Waals surface area contributed by atoms with Crippen molar-refractivity contribution in [3.8, 4) is 34.5 Å². The van der Waals surface area contributed by atoms with Crippen LogP contribution < -0.4 is 19.9 Å². The highest BCUT2D eigenvalue weighted by Crippen LogP contribution is 2.39. The molecular formula is C37H44N2O8S. The summed E-state index contributed by atoms with van der Waals surface area (Å²) in [6.07, 6.45) is 2.61. The molecule has 0 aliphatic rings. The summed E-state index contributed by atoms with van der Waals surface area (Å²) in [4.78, 5) is 12.4. The molecule has 0 aliphatic carbocycles. The van der Waals surface area contributed by atoms with Crippen molar-refractivity contribution in [2.24, 2.45) is 5.73 Å². The highest BCUT2D eigenvalue weighted by atomic mass is 32.2. The van der Waals surface area contributed by atoms with Gasteiger partial charge in [0.25, 0.3) is 0 Å². The van der Waals surface area contributed by atoms with E-state index in [-0.39, 0.29) is 24.5 Å². The first-order chi connectivity index (χ1) is 22.7. The number of phenolic OH excluding ortho intramolecular Hbond substituents is 2. The van der Waals surface area contributed by atoms with Crippen molar-refractivity contribution >= 4 is 15.9 Å². The quantitative estimate of drug-likeness (QED) is 0.114. The monoisotopic (exact) mass is 676 g/mol. The number of amides is 1. The highest BCUT2D eigenvalue weighted by molar-refractivity contribution is 7.89. The SMILES string of the molecule is CCc1cc(CCC(=O)NS(C)(=O)=O)cc(Cc2c(CC(N)CO)cc(C)c(Oc3ccc(O)c(C)c3)c2C)c1Oc1ccc(O)cc1. The largest absolute Gasteiger partial charge is 0.508 e. The van der Waals surface area contributed by atoms with Gasteiger partial charge < -0.3 is 30.5 Å². The van der Waals surface area contributed by atoms with Gasteiger partial charge in [0.15, 0.2) is 0 Å². The number of ether oxygens (including phenoxy) is 2. The van der Waals surface area contributed by atoms with E-state index >= 15 is 0 Å². The highest BCUT2D eigenvalue weighted by Gasteiger charge is 2.21. The number of carbonyl (C=O) groups is 1. The molecule has 48 heavy (non-hydrogen) atoms. The molecule has 0 fully saturated rings. The van der Waals surface area contributed by atoms with Crippen molar-refractivity contribution in [1.82, 2.24) is 4.72 Å². The summed E-state index contributed by atoms with van der Waals surface area (Å²) in [5, 5.41) is 29.7. The molecule has 1 unspecified atom stereocenters. The maximum absolute atomic E-state index is 12.4. The first kappa shape index (κ1) is 36.3. The maximum Gasteiger partial charge on any atom is 0.233 e. The van der Waals surface area contributed by atoms with Crippen LogP contribution in [0.1, 0.15) is 57.9 Å². The third kappa shape index (κ3) is 9.50. The predicted octanol–water partition coefficient (Wildman–Crippen LogP) is 5.63. The molecule has 0 saturated heterocycles. The average Bonchev–Trinajstić information content (AvgIpc) is 3.02. The number of rotatable bonds is 14. The van der Waals surface area contributed by atoms with Crippen molar-refractivity contribution < 1.29 is 38.0 Å². The Morgan fingerprint density at radius 3 is 2.15 bits per heavy atom. The van der Waals surface area contributed by atoms with Gasteiger partial charge in [-0.05, 0) is 127 Å². The Balaban J connectivity index is 1.85. The van der Waals surface area contributed by atoms with E-state index in [1.54, 1.807) is 49.4 Å². The van der Waals surface area contributed by atoms with Crippen LogP contribution in [0.15, 0.2) is 60.7 Å². The fourth-order valence-electron chi connectivity index (χ4n) is 5.66. The molecule has 6 N–H and O–H groups in total. The summed E-state index contributed by atoms with van der Waals surface area (Å²) >= 11 is 0. The van der Waals surface area contributed by atoms with Gasteiger partial charge >= 0.3 is 0 Å². The minimum absolute atomic E-state index is 0.0297. The number of nitrogens with one attached hydrogen (secondary N) is 1. The van der Waals surface area contributed by atoms with Crippen molar-refractivity contribution in [2.45, 2.75) is 65.8 Å². The average molecular weight is 677 g/mol. The van der Waals surface area contributed by atoms with Gasteiger partial charge in [0.05, 0.1) is 12.9 Å². The Bertz CT molecular complexity index is 1890. The maximum atomic E-state index is 12.4. The minimum atomic E-state index is -3.68. The second-order valence-electron chi connectivity index (χ2n) is 12.1. The lowest BCUT2D eigenvalue weighted by atomic mass is 9.87. The summed E-state index contributed by atoms with van der Waals surface area (Å²) < 4.78 is 38.1. The number of benzene rings is 4. The third-order valence-electron chi connectivity index (χ3n) is 8.08. The molecule has 0 spiro atoms. The number of aliphatic hydroxyl groups excluding tert-OH is 1. The Labute approximate surface area is 282 Å².